The number of carbonyl (C=O) groups excluding carboxylic acids is 1. The molecule has 0 unspecified atom stereocenters. The van der Waals surface area contributed by atoms with E-state index in [0.717, 1.165) is 49.2 Å². The molecule has 172 valence electrons. The van der Waals surface area contributed by atoms with Crippen LogP contribution in [0, 0.1) is 0 Å². The van der Waals surface area contributed by atoms with Crippen LogP contribution in [0.2, 0.25) is 5.02 Å². The van der Waals surface area contributed by atoms with Gasteiger partial charge in [-0.05, 0) is 43.9 Å². The van der Waals surface area contributed by atoms with Crippen LogP contribution in [0.1, 0.15) is 41.7 Å². The predicted octanol–water partition coefficient (Wildman–Crippen LogP) is 5.56. The highest BCUT2D eigenvalue weighted by atomic mass is 35.5. The van der Waals surface area contributed by atoms with Gasteiger partial charge in [0, 0.05) is 30.5 Å². The number of ether oxygens (including phenoxy) is 3. The number of ketones is 1. The molecule has 8 heteroatoms. The molecular formula is C25H26ClN3O4. The number of carbonyl (C=O) groups is 1. The number of H-pyrrole nitrogens is 1. The first-order chi connectivity index (χ1) is 16.2. The Hall–Kier alpha value is -3.03. The van der Waals surface area contributed by atoms with E-state index in [0.29, 0.717) is 46.5 Å². The van der Waals surface area contributed by atoms with Gasteiger partial charge in [-0.2, -0.15) is 0 Å². The molecule has 3 heterocycles. The minimum absolute atomic E-state index is 0.0878. The zero-order chi connectivity index (χ0) is 22.8. The number of aromatic nitrogens is 2. The largest absolute Gasteiger partial charge is 0.493 e. The molecule has 2 aromatic heterocycles. The van der Waals surface area contributed by atoms with Crippen LogP contribution in [0.15, 0.2) is 36.7 Å². The van der Waals surface area contributed by atoms with E-state index >= 15 is 0 Å². The fourth-order valence-corrected chi connectivity index (χ4v) is 4.79. The monoisotopic (exact) mass is 467 g/mol. The highest BCUT2D eigenvalue weighted by molar-refractivity contribution is 6.32. The van der Waals surface area contributed by atoms with E-state index in [9.17, 15) is 4.79 Å². The molecule has 0 amide bonds. The van der Waals surface area contributed by atoms with Gasteiger partial charge in [-0.25, -0.2) is 0 Å². The Kier molecular flexibility index (Phi) is 6.24. The van der Waals surface area contributed by atoms with Crippen molar-refractivity contribution in [1.29, 1.82) is 0 Å². The van der Waals surface area contributed by atoms with E-state index in [-0.39, 0.29) is 11.9 Å². The lowest BCUT2D eigenvalue weighted by atomic mass is 9.95. The number of Topliss-reactive ketones (excluding diaryl/α,β-unsaturated/α-hetero) is 1. The highest BCUT2D eigenvalue weighted by Gasteiger charge is 2.29. The van der Waals surface area contributed by atoms with E-state index in [2.05, 4.69) is 15.3 Å². The molecule has 1 fully saturated rings. The Bertz CT molecular complexity index is 1170. The van der Waals surface area contributed by atoms with Gasteiger partial charge in [0.25, 0.3) is 0 Å². The maximum absolute atomic E-state index is 13.0. The lowest BCUT2D eigenvalue weighted by Crippen LogP contribution is -2.16. The third-order valence-electron chi connectivity index (χ3n) is 6.12. The molecule has 7 nitrogen and oxygen atoms in total. The van der Waals surface area contributed by atoms with Crippen molar-refractivity contribution in [3.8, 4) is 22.8 Å². The second-order valence-corrected chi connectivity index (χ2v) is 8.68. The maximum Gasteiger partial charge on any atom is 0.166 e. The third kappa shape index (κ3) is 4.30. The quantitative estimate of drug-likeness (QED) is 0.473. The average molecular weight is 468 g/mol. The molecule has 2 aliphatic rings. The number of pyridine rings is 1. The molecule has 3 aromatic rings. The van der Waals surface area contributed by atoms with Gasteiger partial charge in [0.15, 0.2) is 11.5 Å². The summed E-state index contributed by atoms with van der Waals surface area (Å²) in [5.41, 5.74) is 4.59. The standard InChI is InChI=1S/C25H26ClN3O4/c1-31-25-17(26)6-2-8-19(25)29-24-22-18(7-3-9-20(22)30)28-23(24)16-10-11-27-13-21(16)33-14-15-5-4-12-32-15/h2,6,8,10-11,13,15,28-29H,3-5,7,9,12,14H2,1H3/t15-/m0/s1. The Labute approximate surface area is 197 Å². The van der Waals surface area contributed by atoms with Crippen LogP contribution in [0.4, 0.5) is 11.4 Å². The number of hydrogen-bond acceptors (Lipinski definition) is 6. The zero-order valence-electron chi connectivity index (χ0n) is 18.4. The Morgan fingerprint density at radius 2 is 2.18 bits per heavy atom. The van der Waals surface area contributed by atoms with Crippen molar-refractivity contribution in [3.63, 3.8) is 0 Å². The summed E-state index contributed by atoms with van der Waals surface area (Å²) >= 11 is 6.35. The molecule has 0 spiro atoms. The van der Waals surface area contributed by atoms with Gasteiger partial charge >= 0.3 is 0 Å². The Morgan fingerprint density at radius 1 is 1.27 bits per heavy atom. The van der Waals surface area contributed by atoms with E-state index in [1.54, 1.807) is 25.6 Å². The van der Waals surface area contributed by atoms with Crippen molar-refractivity contribution in [3.05, 3.63) is 52.9 Å². The topological polar surface area (TPSA) is 85.5 Å². The summed E-state index contributed by atoms with van der Waals surface area (Å²) in [4.78, 5) is 20.7. The first-order valence-corrected chi connectivity index (χ1v) is 11.6. The lowest BCUT2D eigenvalue weighted by Gasteiger charge is -2.17. The number of halogens is 1. The SMILES string of the molecule is COc1c(Cl)cccc1Nc1c(-c2ccncc2OC[C@@H]2CCCO2)[nH]c2c1C(=O)CCC2. The van der Waals surface area contributed by atoms with Crippen molar-refractivity contribution in [1.82, 2.24) is 9.97 Å². The van der Waals surface area contributed by atoms with Crippen LogP contribution in [0.25, 0.3) is 11.3 Å². The molecule has 1 aromatic carbocycles. The lowest BCUT2D eigenvalue weighted by molar-refractivity contribution is 0.0680. The van der Waals surface area contributed by atoms with Crippen molar-refractivity contribution in [2.24, 2.45) is 0 Å². The summed E-state index contributed by atoms with van der Waals surface area (Å²) in [5.74, 6) is 1.27. The molecule has 0 radical (unpaired) electrons. The van der Waals surface area contributed by atoms with Gasteiger partial charge in [-0.1, -0.05) is 17.7 Å². The van der Waals surface area contributed by atoms with Crippen molar-refractivity contribution in [2.45, 2.75) is 38.2 Å². The minimum Gasteiger partial charge on any atom is -0.493 e. The molecule has 33 heavy (non-hydrogen) atoms. The van der Waals surface area contributed by atoms with Gasteiger partial charge in [-0.3, -0.25) is 9.78 Å². The number of para-hydroxylation sites is 1. The van der Waals surface area contributed by atoms with Gasteiger partial charge in [-0.15, -0.1) is 0 Å². The molecule has 0 saturated carbocycles. The van der Waals surface area contributed by atoms with Crippen LogP contribution in [-0.4, -0.2) is 42.2 Å². The van der Waals surface area contributed by atoms with Gasteiger partial charge < -0.3 is 24.5 Å². The van der Waals surface area contributed by atoms with Crippen molar-refractivity contribution in [2.75, 3.05) is 25.6 Å². The van der Waals surface area contributed by atoms with E-state index in [4.69, 9.17) is 25.8 Å². The fourth-order valence-electron chi connectivity index (χ4n) is 4.53. The number of aryl methyl sites for hydroxylation is 1. The number of methoxy groups -OCH3 is 1. The van der Waals surface area contributed by atoms with Crippen LogP contribution in [0.5, 0.6) is 11.5 Å². The predicted molar refractivity (Wildman–Crippen MR) is 127 cm³/mol. The van der Waals surface area contributed by atoms with Gasteiger partial charge in [0.1, 0.15) is 12.4 Å². The summed E-state index contributed by atoms with van der Waals surface area (Å²) in [7, 11) is 1.57. The Morgan fingerprint density at radius 3 is 3.00 bits per heavy atom. The molecule has 1 atom stereocenters. The summed E-state index contributed by atoms with van der Waals surface area (Å²) in [6.07, 6.45) is 7.70. The van der Waals surface area contributed by atoms with E-state index in [1.165, 1.54) is 0 Å². The summed E-state index contributed by atoms with van der Waals surface area (Å²) < 4.78 is 17.4. The zero-order valence-corrected chi connectivity index (χ0v) is 19.2. The summed E-state index contributed by atoms with van der Waals surface area (Å²) in [5, 5.41) is 3.92. The minimum atomic E-state index is 0.0878. The number of nitrogens with zero attached hydrogens (tertiary/aromatic N) is 1. The number of aromatic amines is 1. The summed E-state index contributed by atoms with van der Waals surface area (Å²) in [6, 6.07) is 7.38. The second-order valence-electron chi connectivity index (χ2n) is 8.27. The van der Waals surface area contributed by atoms with Crippen LogP contribution in [0.3, 0.4) is 0 Å². The molecule has 1 aliphatic heterocycles. The normalized spacial score (nSPS) is 17.6. The number of rotatable bonds is 7. The smallest absolute Gasteiger partial charge is 0.166 e. The molecule has 1 aliphatic carbocycles. The maximum atomic E-state index is 13.0. The van der Waals surface area contributed by atoms with Crippen LogP contribution >= 0.6 is 11.6 Å². The van der Waals surface area contributed by atoms with E-state index in [1.807, 2.05) is 18.2 Å². The first-order valence-electron chi connectivity index (χ1n) is 11.2. The fraction of sp³-hybridized carbons (Fsp3) is 0.360. The summed E-state index contributed by atoms with van der Waals surface area (Å²) in [6.45, 7) is 1.23. The third-order valence-corrected chi connectivity index (χ3v) is 6.42. The molecule has 0 bridgehead atoms. The van der Waals surface area contributed by atoms with Crippen molar-refractivity contribution < 1.29 is 19.0 Å². The number of benzene rings is 1. The number of nitrogens with one attached hydrogen (secondary N) is 2. The van der Waals surface area contributed by atoms with E-state index < -0.39 is 0 Å². The average Bonchev–Trinajstić information content (AvgIpc) is 3.47. The second kappa shape index (κ2) is 9.45. The van der Waals surface area contributed by atoms with Crippen molar-refractivity contribution >= 4 is 28.8 Å². The van der Waals surface area contributed by atoms with Crippen LogP contribution < -0.4 is 14.8 Å². The van der Waals surface area contributed by atoms with Crippen LogP contribution in [-0.2, 0) is 11.2 Å². The molecule has 5 rings (SSSR count). The molecule has 2 N–H and O–H groups in total. The first kappa shape index (κ1) is 21.8. The van der Waals surface area contributed by atoms with Gasteiger partial charge in [0.2, 0.25) is 0 Å². The Balaban J connectivity index is 1.58. The van der Waals surface area contributed by atoms with Gasteiger partial charge in [0.05, 0.1) is 47.1 Å². The number of fused-ring (bicyclic) bond motifs is 1. The molecule has 1 saturated heterocycles. The number of hydrogen-bond donors (Lipinski definition) is 2. The number of anilines is 2. The highest BCUT2D eigenvalue weighted by Crippen LogP contribution is 2.44. The molecular weight excluding hydrogens is 442 g/mol.